The van der Waals surface area contributed by atoms with E-state index in [0.29, 0.717) is 18.0 Å². The molecule has 0 saturated heterocycles. The van der Waals surface area contributed by atoms with Gasteiger partial charge in [0, 0.05) is 18.2 Å². The highest BCUT2D eigenvalue weighted by atomic mass is 16.3. The van der Waals surface area contributed by atoms with Crippen LogP contribution in [-0.2, 0) is 13.0 Å². The first kappa shape index (κ1) is 12.1. The van der Waals surface area contributed by atoms with Crippen LogP contribution in [0.5, 0.6) is 11.5 Å². The molecule has 0 aromatic heterocycles. The van der Waals surface area contributed by atoms with Crippen LogP contribution in [0.2, 0.25) is 0 Å². The summed E-state index contributed by atoms with van der Waals surface area (Å²) >= 11 is 0. The van der Waals surface area contributed by atoms with E-state index in [0.717, 1.165) is 24.0 Å². The second kappa shape index (κ2) is 4.94. The van der Waals surface area contributed by atoms with Gasteiger partial charge in [0.2, 0.25) is 0 Å². The van der Waals surface area contributed by atoms with E-state index in [4.69, 9.17) is 0 Å². The number of phenolic OH excluding ortho intramolecular Hbond substituents is 2. The zero-order chi connectivity index (χ0) is 13.2. The highest BCUT2D eigenvalue weighted by molar-refractivity contribution is 5.44. The predicted molar refractivity (Wildman–Crippen MR) is 74.1 cm³/mol. The van der Waals surface area contributed by atoms with Gasteiger partial charge in [-0.2, -0.15) is 0 Å². The van der Waals surface area contributed by atoms with Crippen molar-refractivity contribution in [3.05, 3.63) is 59.2 Å². The Kier molecular flexibility index (Phi) is 3.13. The average molecular weight is 255 g/mol. The fraction of sp³-hybridized carbons (Fsp3) is 0.250. The van der Waals surface area contributed by atoms with Crippen molar-refractivity contribution < 1.29 is 10.2 Å². The van der Waals surface area contributed by atoms with E-state index in [9.17, 15) is 10.2 Å². The van der Waals surface area contributed by atoms with Crippen LogP contribution in [0.3, 0.4) is 0 Å². The molecule has 3 heteroatoms. The molecule has 3 nitrogen and oxygen atoms in total. The quantitative estimate of drug-likeness (QED) is 0.790. The van der Waals surface area contributed by atoms with Gasteiger partial charge in [0.25, 0.3) is 0 Å². The van der Waals surface area contributed by atoms with Gasteiger partial charge in [-0.15, -0.1) is 0 Å². The lowest BCUT2D eigenvalue weighted by atomic mass is 10.1. The predicted octanol–water partition coefficient (Wildman–Crippen LogP) is 2.87. The molecule has 0 heterocycles. The van der Waals surface area contributed by atoms with E-state index >= 15 is 0 Å². The van der Waals surface area contributed by atoms with Crippen LogP contribution in [0.15, 0.2) is 42.5 Å². The maximum Gasteiger partial charge on any atom is 0.120 e. The number of benzene rings is 2. The lowest BCUT2D eigenvalue weighted by molar-refractivity contribution is 0.456. The Balaban J connectivity index is 1.74. The first-order valence-corrected chi connectivity index (χ1v) is 6.56. The maximum atomic E-state index is 9.81. The fourth-order valence-corrected chi connectivity index (χ4v) is 2.74. The summed E-state index contributed by atoms with van der Waals surface area (Å²) in [6, 6.07) is 13.3. The van der Waals surface area contributed by atoms with E-state index in [1.165, 1.54) is 5.56 Å². The van der Waals surface area contributed by atoms with E-state index in [-0.39, 0.29) is 6.04 Å². The van der Waals surface area contributed by atoms with Crippen molar-refractivity contribution >= 4 is 0 Å². The van der Waals surface area contributed by atoms with Gasteiger partial charge in [-0.1, -0.05) is 30.3 Å². The molecule has 2 aromatic carbocycles. The molecule has 1 unspecified atom stereocenters. The number of hydrogen-bond acceptors (Lipinski definition) is 3. The summed E-state index contributed by atoms with van der Waals surface area (Å²) in [5.41, 5.74) is 3.13. The molecule has 19 heavy (non-hydrogen) atoms. The van der Waals surface area contributed by atoms with Gasteiger partial charge in [-0.05, 0) is 36.1 Å². The van der Waals surface area contributed by atoms with Gasteiger partial charge in [-0.3, -0.25) is 0 Å². The van der Waals surface area contributed by atoms with Crippen LogP contribution in [0, 0.1) is 0 Å². The molecule has 0 amide bonds. The Bertz CT molecular complexity index is 595. The van der Waals surface area contributed by atoms with Gasteiger partial charge in [-0.25, -0.2) is 0 Å². The molecule has 98 valence electrons. The van der Waals surface area contributed by atoms with Crippen molar-refractivity contribution in [1.29, 1.82) is 0 Å². The summed E-state index contributed by atoms with van der Waals surface area (Å²) in [6.07, 6.45) is 1.89. The molecule has 0 fully saturated rings. The summed E-state index contributed by atoms with van der Waals surface area (Å²) in [4.78, 5) is 0. The zero-order valence-corrected chi connectivity index (χ0v) is 10.6. The van der Waals surface area contributed by atoms with E-state index < -0.39 is 0 Å². The molecule has 1 atom stereocenters. The summed E-state index contributed by atoms with van der Waals surface area (Å²) in [5.74, 6) is 0.716. The third kappa shape index (κ3) is 2.29. The minimum absolute atomic E-state index is 0.252. The Hall–Kier alpha value is -2.00. The van der Waals surface area contributed by atoms with Crippen molar-refractivity contribution in [2.24, 2.45) is 0 Å². The van der Waals surface area contributed by atoms with Gasteiger partial charge in [0.05, 0.1) is 0 Å². The number of nitrogens with one attached hydrogen (secondary N) is 1. The SMILES string of the molecule is Oc1ccccc1CNC1CCc2c(O)cccc21. The first-order chi connectivity index (χ1) is 9.25. The minimum atomic E-state index is 0.252. The van der Waals surface area contributed by atoms with Crippen molar-refractivity contribution in [3.63, 3.8) is 0 Å². The summed E-state index contributed by atoms with van der Waals surface area (Å²) in [7, 11) is 0. The molecule has 1 aliphatic carbocycles. The number of rotatable bonds is 3. The van der Waals surface area contributed by atoms with E-state index in [1.807, 2.05) is 24.3 Å². The second-order valence-electron chi connectivity index (χ2n) is 4.95. The molecule has 0 spiro atoms. The molecular formula is C16H17NO2. The van der Waals surface area contributed by atoms with Gasteiger partial charge in [0.1, 0.15) is 11.5 Å². The second-order valence-corrected chi connectivity index (χ2v) is 4.95. The molecule has 0 bridgehead atoms. The van der Waals surface area contributed by atoms with Crippen LogP contribution in [-0.4, -0.2) is 10.2 Å². The number of para-hydroxylation sites is 1. The molecule has 2 aromatic rings. The minimum Gasteiger partial charge on any atom is -0.508 e. The lowest BCUT2D eigenvalue weighted by Crippen LogP contribution is -2.18. The van der Waals surface area contributed by atoms with Crippen LogP contribution in [0.4, 0.5) is 0 Å². The third-order valence-corrected chi connectivity index (χ3v) is 3.78. The van der Waals surface area contributed by atoms with Crippen molar-refractivity contribution in [2.75, 3.05) is 0 Å². The van der Waals surface area contributed by atoms with Crippen LogP contribution in [0.25, 0.3) is 0 Å². The molecule has 3 N–H and O–H groups in total. The molecule has 0 aliphatic heterocycles. The number of fused-ring (bicyclic) bond motifs is 1. The Morgan fingerprint density at radius 2 is 1.79 bits per heavy atom. The zero-order valence-electron chi connectivity index (χ0n) is 10.6. The highest BCUT2D eigenvalue weighted by Gasteiger charge is 2.24. The Morgan fingerprint density at radius 3 is 2.63 bits per heavy atom. The van der Waals surface area contributed by atoms with Crippen LogP contribution < -0.4 is 5.32 Å². The van der Waals surface area contributed by atoms with Crippen molar-refractivity contribution in [2.45, 2.75) is 25.4 Å². The van der Waals surface area contributed by atoms with Gasteiger partial charge in [0.15, 0.2) is 0 Å². The summed E-state index contributed by atoms with van der Waals surface area (Å²) in [6.45, 7) is 0.631. The first-order valence-electron chi connectivity index (χ1n) is 6.56. The average Bonchev–Trinajstić information content (AvgIpc) is 2.83. The fourth-order valence-electron chi connectivity index (χ4n) is 2.74. The Morgan fingerprint density at radius 1 is 1.00 bits per heavy atom. The molecule has 0 radical (unpaired) electrons. The maximum absolute atomic E-state index is 9.81. The van der Waals surface area contributed by atoms with Crippen molar-refractivity contribution in [3.8, 4) is 11.5 Å². The van der Waals surface area contributed by atoms with E-state index in [1.54, 1.807) is 12.1 Å². The lowest BCUT2D eigenvalue weighted by Gasteiger charge is -2.14. The summed E-state index contributed by atoms with van der Waals surface area (Å²) in [5, 5.41) is 23.0. The molecule has 1 aliphatic rings. The number of hydrogen-bond donors (Lipinski definition) is 3. The normalized spacial score (nSPS) is 17.4. The molecular weight excluding hydrogens is 238 g/mol. The summed E-state index contributed by atoms with van der Waals surface area (Å²) < 4.78 is 0. The standard InChI is InChI=1S/C16H17NO2/c18-15-6-2-1-4-11(15)10-17-14-9-8-13-12(14)5-3-7-16(13)19/h1-7,14,17-19H,8-10H2. The highest BCUT2D eigenvalue weighted by Crippen LogP contribution is 2.36. The third-order valence-electron chi connectivity index (χ3n) is 3.78. The number of phenols is 2. The molecule has 3 rings (SSSR count). The van der Waals surface area contributed by atoms with Gasteiger partial charge >= 0.3 is 0 Å². The van der Waals surface area contributed by atoms with Crippen LogP contribution >= 0.6 is 0 Å². The van der Waals surface area contributed by atoms with Gasteiger partial charge < -0.3 is 15.5 Å². The molecule has 0 saturated carbocycles. The monoisotopic (exact) mass is 255 g/mol. The van der Waals surface area contributed by atoms with Crippen molar-refractivity contribution in [1.82, 2.24) is 5.32 Å². The van der Waals surface area contributed by atoms with E-state index in [2.05, 4.69) is 11.4 Å². The topological polar surface area (TPSA) is 52.5 Å². The Labute approximate surface area is 112 Å². The number of aromatic hydroxyl groups is 2. The van der Waals surface area contributed by atoms with Crippen LogP contribution in [0.1, 0.15) is 29.2 Å². The largest absolute Gasteiger partial charge is 0.508 e. The smallest absolute Gasteiger partial charge is 0.120 e.